The van der Waals surface area contributed by atoms with Crippen molar-refractivity contribution in [2.75, 3.05) is 23.7 Å². The Bertz CT molecular complexity index is 289. The molecule has 0 spiro atoms. The maximum Gasteiger partial charge on any atom is 0.225 e. The van der Waals surface area contributed by atoms with Crippen molar-refractivity contribution in [2.45, 2.75) is 18.9 Å². The van der Waals surface area contributed by atoms with Gasteiger partial charge in [0.05, 0.1) is 18.1 Å². The van der Waals surface area contributed by atoms with Gasteiger partial charge in [-0.15, -0.1) is 0 Å². The second kappa shape index (κ2) is 3.79. The summed E-state index contributed by atoms with van der Waals surface area (Å²) in [6.07, 6.45) is 5.29. The molecule has 5 nitrogen and oxygen atoms in total. The standard InChI is InChI=1S/C9H15N5/c10-7-1-3-14(4-2-7)9-12-5-8(11)6-13-9/h5-7H,1-4,10-11H2. The van der Waals surface area contributed by atoms with Gasteiger partial charge in [-0.25, -0.2) is 9.97 Å². The molecule has 2 heterocycles. The van der Waals surface area contributed by atoms with Crippen LogP contribution < -0.4 is 16.4 Å². The van der Waals surface area contributed by atoms with E-state index < -0.39 is 0 Å². The largest absolute Gasteiger partial charge is 0.396 e. The zero-order valence-corrected chi connectivity index (χ0v) is 8.06. The second-order valence-corrected chi connectivity index (χ2v) is 3.64. The Kier molecular flexibility index (Phi) is 2.49. The van der Waals surface area contributed by atoms with E-state index in [1.54, 1.807) is 12.4 Å². The predicted molar refractivity (Wildman–Crippen MR) is 55.9 cm³/mol. The van der Waals surface area contributed by atoms with Crippen LogP contribution in [0.3, 0.4) is 0 Å². The van der Waals surface area contributed by atoms with Gasteiger partial charge in [0.2, 0.25) is 5.95 Å². The molecule has 0 bridgehead atoms. The Morgan fingerprint density at radius 1 is 1.21 bits per heavy atom. The predicted octanol–water partition coefficient (Wildman–Crippen LogP) is -0.0137. The van der Waals surface area contributed by atoms with E-state index in [4.69, 9.17) is 11.5 Å². The number of nitrogens with two attached hydrogens (primary N) is 2. The number of aromatic nitrogens is 2. The van der Waals surface area contributed by atoms with Crippen LogP contribution in [0.2, 0.25) is 0 Å². The number of anilines is 2. The maximum absolute atomic E-state index is 5.81. The number of nitrogen functional groups attached to an aromatic ring is 1. The summed E-state index contributed by atoms with van der Waals surface area (Å²) in [5.74, 6) is 0.756. The smallest absolute Gasteiger partial charge is 0.225 e. The molecule has 76 valence electrons. The number of rotatable bonds is 1. The van der Waals surface area contributed by atoms with E-state index in [0.717, 1.165) is 31.9 Å². The molecule has 1 aromatic rings. The molecule has 0 amide bonds. The van der Waals surface area contributed by atoms with Gasteiger partial charge >= 0.3 is 0 Å². The van der Waals surface area contributed by atoms with Gasteiger partial charge in [-0.05, 0) is 12.8 Å². The van der Waals surface area contributed by atoms with Crippen molar-refractivity contribution < 1.29 is 0 Å². The van der Waals surface area contributed by atoms with E-state index in [1.807, 2.05) is 0 Å². The minimum atomic E-state index is 0.333. The van der Waals surface area contributed by atoms with E-state index in [1.165, 1.54) is 0 Å². The fourth-order valence-electron chi connectivity index (χ4n) is 1.59. The van der Waals surface area contributed by atoms with Crippen LogP contribution in [-0.2, 0) is 0 Å². The van der Waals surface area contributed by atoms with Crippen LogP contribution in [0.25, 0.3) is 0 Å². The summed E-state index contributed by atoms with van der Waals surface area (Å²) in [4.78, 5) is 10.5. The summed E-state index contributed by atoms with van der Waals surface area (Å²) in [6.45, 7) is 1.87. The molecule has 14 heavy (non-hydrogen) atoms. The van der Waals surface area contributed by atoms with Crippen molar-refractivity contribution in [1.82, 2.24) is 9.97 Å². The van der Waals surface area contributed by atoms with Gasteiger partial charge in [-0.3, -0.25) is 0 Å². The summed E-state index contributed by atoms with van der Waals surface area (Å²) >= 11 is 0. The fraction of sp³-hybridized carbons (Fsp3) is 0.556. The number of piperidine rings is 1. The Balaban J connectivity index is 2.05. The molecule has 1 aliphatic heterocycles. The van der Waals surface area contributed by atoms with Crippen LogP contribution in [-0.4, -0.2) is 29.1 Å². The molecule has 0 aromatic carbocycles. The molecule has 0 radical (unpaired) electrons. The summed E-state index contributed by atoms with van der Waals surface area (Å²) in [6, 6.07) is 0.333. The summed E-state index contributed by atoms with van der Waals surface area (Å²) in [5, 5.41) is 0. The lowest BCUT2D eigenvalue weighted by molar-refractivity contribution is 0.495. The highest BCUT2D eigenvalue weighted by atomic mass is 15.3. The van der Waals surface area contributed by atoms with Crippen molar-refractivity contribution in [2.24, 2.45) is 5.73 Å². The summed E-state index contributed by atoms with van der Waals surface area (Å²) in [5.41, 5.74) is 11.9. The third kappa shape index (κ3) is 1.93. The highest BCUT2D eigenvalue weighted by molar-refractivity contribution is 5.38. The highest BCUT2D eigenvalue weighted by Gasteiger charge is 2.17. The number of nitrogens with zero attached hydrogens (tertiary/aromatic N) is 3. The van der Waals surface area contributed by atoms with Crippen molar-refractivity contribution in [3.63, 3.8) is 0 Å². The molecule has 0 atom stereocenters. The normalized spacial score (nSPS) is 18.5. The zero-order valence-electron chi connectivity index (χ0n) is 8.06. The van der Waals surface area contributed by atoms with Gasteiger partial charge in [-0.1, -0.05) is 0 Å². The van der Waals surface area contributed by atoms with Gasteiger partial charge in [0.25, 0.3) is 0 Å². The number of hydrogen-bond acceptors (Lipinski definition) is 5. The lowest BCUT2D eigenvalue weighted by atomic mass is 10.1. The first kappa shape index (κ1) is 9.21. The van der Waals surface area contributed by atoms with Gasteiger partial charge in [-0.2, -0.15) is 0 Å². The van der Waals surface area contributed by atoms with Crippen molar-refractivity contribution >= 4 is 11.6 Å². The highest BCUT2D eigenvalue weighted by Crippen LogP contribution is 2.14. The molecule has 0 unspecified atom stereocenters. The lowest BCUT2D eigenvalue weighted by Gasteiger charge is -2.29. The maximum atomic E-state index is 5.81. The van der Waals surface area contributed by atoms with Crippen LogP contribution in [0.1, 0.15) is 12.8 Å². The molecule has 0 aliphatic carbocycles. The monoisotopic (exact) mass is 193 g/mol. The SMILES string of the molecule is Nc1cnc(N2CCC(N)CC2)nc1. The summed E-state index contributed by atoms with van der Waals surface area (Å²) < 4.78 is 0. The van der Waals surface area contributed by atoms with E-state index in [9.17, 15) is 0 Å². The van der Waals surface area contributed by atoms with Gasteiger partial charge in [0, 0.05) is 19.1 Å². The second-order valence-electron chi connectivity index (χ2n) is 3.64. The minimum absolute atomic E-state index is 0.333. The van der Waals surface area contributed by atoms with Crippen LogP contribution in [0.5, 0.6) is 0 Å². The molecule has 4 N–H and O–H groups in total. The molecule has 1 aromatic heterocycles. The van der Waals surface area contributed by atoms with Gasteiger partial charge in [0.15, 0.2) is 0 Å². The average molecular weight is 193 g/mol. The van der Waals surface area contributed by atoms with Crippen molar-refractivity contribution in [3.8, 4) is 0 Å². The van der Waals surface area contributed by atoms with Gasteiger partial charge < -0.3 is 16.4 Å². The van der Waals surface area contributed by atoms with Crippen LogP contribution in [0, 0.1) is 0 Å². The van der Waals surface area contributed by atoms with Crippen LogP contribution >= 0.6 is 0 Å². The molecule has 0 saturated carbocycles. The Morgan fingerprint density at radius 3 is 2.36 bits per heavy atom. The quantitative estimate of drug-likeness (QED) is 0.655. The molecular formula is C9H15N5. The zero-order chi connectivity index (χ0) is 9.97. The fourth-order valence-corrected chi connectivity index (χ4v) is 1.59. The first-order chi connectivity index (χ1) is 6.75. The third-order valence-corrected chi connectivity index (χ3v) is 2.48. The van der Waals surface area contributed by atoms with E-state index >= 15 is 0 Å². The lowest BCUT2D eigenvalue weighted by Crippen LogP contribution is -2.40. The van der Waals surface area contributed by atoms with E-state index in [2.05, 4.69) is 14.9 Å². The number of hydrogen-bond donors (Lipinski definition) is 2. The Hall–Kier alpha value is -1.36. The average Bonchev–Trinajstić information content (AvgIpc) is 2.21. The van der Waals surface area contributed by atoms with Crippen LogP contribution in [0.4, 0.5) is 11.6 Å². The molecule has 5 heteroatoms. The molecule has 1 saturated heterocycles. The Labute approximate surface area is 83.1 Å². The molecule has 1 aliphatic rings. The topological polar surface area (TPSA) is 81.1 Å². The molecule has 2 rings (SSSR count). The third-order valence-electron chi connectivity index (χ3n) is 2.48. The van der Waals surface area contributed by atoms with Crippen molar-refractivity contribution in [1.29, 1.82) is 0 Å². The first-order valence-electron chi connectivity index (χ1n) is 4.84. The van der Waals surface area contributed by atoms with Crippen LogP contribution in [0.15, 0.2) is 12.4 Å². The first-order valence-corrected chi connectivity index (χ1v) is 4.84. The minimum Gasteiger partial charge on any atom is -0.396 e. The molecule has 1 fully saturated rings. The van der Waals surface area contributed by atoms with Crippen molar-refractivity contribution in [3.05, 3.63) is 12.4 Å². The van der Waals surface area contributed by atoms with Gasteiger partial charge in [0.1, 0.15) is 0 Å². The van der Waals surface area contributed by atoms with E-state index in [0.29, 0.717) is 11.7 Å². The molecular weight excluding hydrogens is 178 g/mol. The summed E-state index contributed by atoms with van der Waals surface area (Å²) in [7, 11) is 0. The van der Waals surface area contributed by atoms with E-state index in [-0.39, 0.29) is 0 Å². The Morgan fingerprint density at radius 2 is 1.79 bits per heavy atom.